The number of nitrogens with one attached hydrogen (secondary N) is 3. The van der Waals surface area contributed by atoms with E-state index in [1.54, 1.807) is 66.7 Å². The van der Waals surface area contributed by atoms with Crippen LogP contribution in [0.5, 0.6) is 0 Å². The van der Waals surface area contributed by atoms with Crippen LogP contribution in [0.25, 0.3) is 98.0 Å². The Labute approximate surface area is 729 Å². The average Bonchev–Trinajstić information content (AvgIpc) is 1.72. The van der Waals surface area contributed by atoms with Crippen molar-refractivity contribution < 1.29 is 28.8 Å². The third kappa shape index (κ3) is 16.7. The highest BCUT2D eigenvalue weighted by atomic mass is 35.5. The molecular weight excluding hydrogens is 1560 g/mol. The number of anilines is 3. The second-order valence-corrected chi connectivity index (χ2v) is 32.8. The van der Waals surface area contributed by atoms with Crippen molar-refractivity contribution in [1.29, 1.82) is 0 Å². The molecule has 0 saturated heterocycles. The summed E-state index contributed by atoms with van der Waals surface area (Å²) in [6.07, 6.45) is 0. The van der Waals surface area contributed by atoms with Crippen molar-refractivity contribution in [1.82, 2.24) is 14.7 Å². The minimum absolute atomic E-state index is 0.106. The Morgan fingerprint density at radius 1 is 0.248 bits per heavy atom. The van der Waals surface area contributed by atoms with Crippen molar-refractivity contribution in [3.63, 3.8) is 0 Å². The Morgan fingerprint density at radius 3 is 0.792 bits per heavy atom. The van der Waals surface area contributed by atoms with Gasteiger partial charge < -0.3 is 16.0 Å². The lowest BCUT2D eigenvalue weighted by Gasteiger charge is -2.21. The monoisotopic (exact) mass is 1640 g/mol. The smallest absolute Gasteiger partial charge is 0.238 e. The maximum Gasteiger partial charge on any atom is 0.238 e. The molecule has 13 heteroatoms. The van der Waals surface area contributed by atoms with E-state index in [4.69, 9.17) is 11.6 Å². The number of amides is 3. The van der Waals surface area contributed by atoms with E-state index in [1.807, 2.05) is 91.9 Å². The molecule has 18 aromatic carbocycles. The molecule has 12 nitrogen and oxygen atoms in total. The molecule has 0 unspecified atom stereocenters. The molecule has 0 aliphatic carbocycles. The number of hydrogen-bond acceptors (Lipinski definition) is 9. The summed E-state index contributed by atoms with van der Waals surface area (Å²) in [6, 6.07) is 122. The summed E-state index contributed by atoms with van der Waals surface area (Å²) in [5, 5.41) is 24.1. The van der Waals surface area contributed by atoms with Crippen LogP contribution >= 0.6 is 11.6 Å². The number of nitrogens with zero attached hydrogens (tertiary/aromatic N) is 3. The minimum atomic E-state index is -0.190. The largest absolute Gasteiger partial charge is 0.324 e. The van der Waals surface area contributed by atoms with Gasteiger partial charge in [0.2, 0.25) is 17.7 Å². The Hall–Kier alpha value is -14.9. The lowest BCUT2D eigenvalue weighted by atomic mass is 9.88. The molecule has 0 aromatic heterocycles. The van der Waals surface area contributed by atoms with E-state index < -0.39 is 0 Å². The summed E-state index contributed by atoms with van der Waals surface area (Å²) in [5.74, 6) is -0.892. The van der Waals surface area contributed by atoms with Gasteiger partial charge in [-0.25, -0.2) is 0 Å². The molecule has 0 atom stereocenters. The minimum Gasteiger partial charge on any atom is -0.324 e. The molecule has 3 aliphatic rings. The SMILES string of the molecule is Cc1ccc(NC(=O)CN2Cc3ccc4ccccc4c3-c3c(ccc4ccccc34)C2)c(C(=O)c2ccccc2)c1.O=C(CN1Cc2ccc3ccccc3c2-c2c(ccc3ccccc23)C1)Nc1ccc(Cl)cc1C(=O)c1ccccc1.O=C(CN1Cc2ccc3ccccc3c2-c2c(ccc3ccccc23)C1)Nc1ccccc1C(=O)c1ccccc1. The lowest BCUT2D eigenvalue weighted by Crippen LogP contribution is -2.32. The zero-order chi connectivity index (χ0) is 85.0. The molecule has 0 spiro atoms. The van der Waals surface area contributed by atoms with Gasteiger partial charge in [0, 0.05) is 77.7 Å². The van der Waals surface area contributed by atoms with Crippen LogP contribution in [-0.2, 0) is 53.7 Å². The highest BCUT2D eigenvalue weighted by Crippen LogP contribution is 2.46. The third-order valence-corrected chi connectivity index (χ3v) is 24.3. The molecule has 606 valence electrons. The zero-order valence-corrected chi connectivity index (χ0v) is 69.5. The topological polar surface area (TPSA) is 148 Å². The van der Waals surface area contributed by atoms with E-state index in [9.17, 15) is 28.8 Å². The van der Waals surface area contributed by atoms with Gasteiger partial charge in [-0.2, -0.15) is 0 Å². The molecule has 0 saturated carbocycles. The van der Waals surface area contributed by atoms with E-state index in [2.05, 4.69) is 249 Å². The van der Waals surface area contributed by atoms with Crippen LogP contribution in [0.2, 0.25) is 5.02 Å². The number of rotatable bonds is 15. The first kappa shape index (κ1) is 79.9. The van der Waals surface area contributed by atoms with Gasteiger partial charge in [0.15, 0.2) is 17.3 Å². The number of halogens is 1. The summed E-state index contributed by atoms with van der Waals surface area (Å²) in [4.78, 5) is 87.0. The fourth-order valence-electron chi connectivity index (χ4n) is 18.4. The van der Waals surface area contributed by atoms with Crippen LogP contribution in [0.3, 0.4) is 0 Å². The molecule has 18 aromatic rings. The van der Waals surface area contributed by atoms with Crippen LogP contribution < -0.4 is 16.0 Å². The Bertz CT molecular complexity index is 6770. The van der Waals surface area contributed by atoms with Crippen LogP contribution in [-0.4, -0.2) is 69.4 Å². The molecule has 0 radical (unpaired) electrons. The van der Waals surface area contributed by atoms with Crippen molar-refractivity contribution in [3.8, 4) is 33.4 Å². The molecule has 3 amide bonds. The average molecular weight is 1650 g/mol. The molecule has 3 N–H and O–H groups in total. The number of hydrogen-bond donors (Lipinski definition) is 3. The Morgan fingerprint density at radius 2 is 0.488 bits per heavy atom. The van der Waals surface area contributed by atoms with Gasteiger partial charge in [-0.3, -0.25) is 43.5 Å². The number of carbonyl (C=O) groups is 6. The first-order valence-electron chi connectivity index (χ1n) is 42.2. The zero-order valence-electron chi connectivity index (χ0n) is 68.8. The second-order valence-electron chi connectivity index (χ2n) is 32.4. The second kappa shape index (κ2) is 35.3. The van der Waals surface area contributed by atoms with Gasteiger partial charge >= 0.3 is 0 Å². The van der Waals surface area contributed by atoms with E-state index >= 15 is 0 Å². The molecule has 125 heavy (non-hydrogen) atoms. The maximum atomic E-state index is 13.6. The standard InChI is InChI=1S/C38H30N2O2.C37H27ClN2O2.C37H28N2O2/c1-25-15-20-34(33(21-25)38(42)28-11-3-2-4-12-28)39-35(41)24-40-22-29-18-16-26-9-5-7-13-31(26)36(29)37-30(23-40)19-17-27-10-6-8-14-32(27)37;38-29-18-19-33(32(20-29)37(42)26-10-2-1-3-11-26)39-34(41)23-40-21-27-16-14-24-8-4-6-12-30(24)35(27)36-28(22-40)17-15-25-9-5-7-13-31(25)36;40-34(38-33-17-9-8-16-32(33)37(41)27-12-2-1-3-13-27)24-39-22-28-20-18-25-10-4-6-14-30(25)35(28)36-29(23-39)21-19-26-11-5-7-15-31(26)36/h2-21H,22-24H2,1H3,(H,39,41);1-20H,21-23H2,(H,39,41);1-21H,22-24H2,(H,38,40). The Balaban J connectivity index is 0.000000123. The number of ketones is 3. The predicted molar refractivity (Wildman–Crippen MR) is 508 cm³/mol. The van der Waals surface area contributed by atoms with Crippen LogP contribution in [0.4, 0.5) is 17.1 Å². The van der Waals surface area contributed by atoms with Gasteiger partial charge in [0.25, 0.3) is 0 Å². The summed E-state index contributed by atoms with van der Waals surface area (Å²) >= 11 is 6.26. The molecule has 0 fully saturated rings. The van der Waals surface area contributed by atoms with E-state index in [-0.39, 0.29) is 54.7 Å². The summed E-state index contributed by atoms with van der Waals surface area (Å²) in [7, 11) is 0. The Kier molecular flexibility index (Phi) is 22.5. The number of benzene rings is 18. The van der Waals surface area contributed by atoms with Gasteiger partial charge in [-0.05, 0) is 181 Å². The van der Waals surface area contributed by atoms with Gasteiger partial charge in [0.05, 0.1) is 36.7 Å². The number of aryl methyl sites for hydroxylation is 1. The molecule has 0 bridgehead atoms. The van der Waals surface area contributed by atoms with Crippen molar-refractivity contribution >= 4 is 128 Å². The molecular formula is C112H85ClN6O6. The van der Waals surface area contributed by atoms with E-state index in [1.165, 1.54) is 131 Å². The van der Waals surface area contributed by atoms with Gasteiger partial charge in [-0.15, -0.1) is 0 Å². The quantitative estimate of drug-likeness (QED) is 0.0853. The van der Waals surface area contributed by atoms with Crippen LogP contribution in [0, 0.1) is 6.92 Å². The number of carbonyl (C=O) groups excluding carboxylic acids is 6. The number of fused-ring (bicyclic) bond motifs is 21. The van der Waals surface area contributed by atoms with Gasteiger partial charge in [0.1, 0.15) is 0 Å². The normalized spacial score (nSPS) is 12.9. The predicted octanol–water partition coefficient (Wildman–Crippen LogP) is 24.5. The van der Waals surface area contributed by atoms with E-state index in [0.717, 1.165) is 5.56 Å². The maximum absolute atomic E-state index is 13.6. The fraction of sp³-hybridized carbons (Fsp3) is 0.0893. The molecule has 3 aliphatic heterocycles. The first-order valence-corrected chi connectivity index (χ1v) is 42.5. The van der Waals surface area contributed by atoms with Crippen molar-refractivity contribution in [2.24, 2.45) is 0 Å². The highest BCUT2D eigenvalue weighted by Gasteiger charge is 2.31. The summed E-state index contributed by atoms with van der Waals surface area (Å²) in [6.45, 7) is 6.31. The van der Waals surface area contributed by atoms with Crippen molar-refractivity contribution in [2.75, 3.05) is 35.6 Å². The molecule has 21 rings (SSSR count). The van der Waals surface area contributed by atoms with Crippen molar-refractivity contribution in [3.05, 3.63) is 447 Å². The lowest BCUT2D eigenvalue weighted by molar-refractivity contribution is -0.118. The van der Waals surface area contributed by atoms with Crippen LogP contribution in [0.1, 0.15) is 86.7 Å². The fourth-order valence-corrected chi connectivity index (χ4v) is 18.6. The summed E-state index contributed by atoms with van der Waals surface area (Å²) < 4.78 is 0. The van der Waals surface area contributed by atoms with Gasteiger partial charge in [-0.1, -0.05) is 345 Å². The third-order valence-electron chi connectivity index (χ3n) is 24.1. The van der Waals surface area contributed by atoms with Crippen molar-refractivity contribution in [2.45, 2.75) is 46.2 Å². The van der Waals surface area contributed by atoms with E-state index in [0.29, 0.717) is 94.7 Å². The summed E-state index contributed by atoms with van der Waals surface area (Å²) in [5.41, 5.74) is 20.2. The molecule has 3 heterocycles. The first-order chi connectivity index (χ1) is 61.2. The number of para-hydroxylation sites is 1. The highest BCUT2D eigenvalue weighted by molar-refractivity contribution is 6.31. The van der Waals surface area contributed by atoms with Crippen LogP contribution in [0.15, 0.2) is 370 Å².